The summed E-state index contributed by atoms with van der Waals surface area (Å²) >= 11 is 0. The van der Waals surface area contributed by atoms with Crippen molar-refractivity contribution in [1.29, 1.82) is 0 Å². The molecule has 1 aliphatic heterocycles. The Morgan fingerprint density at radius 1 is 1.11 bits per heavy atom. The molecule has 196 valence electrons. The predicted molar refractivity (Wildman–Crippen MR) is 151 cm³/mol. The molecule has 2 saturated carbocycles. The molecule has 1 N–H and O–H groups in total. The number of ketones is 1. The van der Waals surface area contributed by atoms with Crippen molar-refractivity contribution in [3.8, 4) is 11.8 Å². The van der Waals surface area contributed by atoms with E-state index in [1.54, 1.807) is 6.08 Å². The van der Waals surface area contributed by atoms with Crippen LogP contribution in [0, 0.1) is 30.1 Å². The summed E-state index contributed by atoms with van der Waals surface area (Å²) in [5.74, 6) is 7.16. The van der Waals surface area contributed by atoms with E-state index in [0.29, 0.717) is 19.4 Å². The molecule has 2 fully saturated rings. The van der Waals surface area contributed by atoms with Crippen molar-refractivity contribution in [2.24, 2.45) is 11.3 Å². The Labute approximate surface area is 226 Å². The number of ether oxygens (including phenoxy) is 1. The van der Waals surface area contributed by atoms with Crippen molar-refractivity contribution in [2.45, 2.75) is 63.6 Å². The Balaban J connectivity index is 1.46. The van der Waals surface area contributed by atoms with Crippen LogP contribution in [0.1, 0.15) is 61.6 Å². The minimum Gasteiger partial charge on any atom is -0.378 e. The molecular weight excluding hydrogens is 470 g/mol. The summed E-state index contributed by atoms with van der Waals surface area (Å²) in [5.41, 5.74) is 6.71. The Morgan fingerprint density at radius 2 is 1.89 bits per heavy atom. The lowest BCUT2D eigenvalue weighted by Crippen LogP contribution is -2.53. The predicted octanol–water partition coefficient (Wildman–Crippen LogP) is 5.73. The zero-order chi connectivity index (χ0) is 26.7. The summed E-state index contributed by atoms with van der Waals surface area (Å²) in [7, 11) is 4.11. The van der Waals surface area contributed by atoms with E-state index in [2.05, 4.69) is 81.1 Å². The van der Waals surface area contributed by atoms with Crippen LogP contribution in [-0.4, -0.2) is 43.3 Å². The number of rotatable bonds is 2. The molecule has 5 atom stereocenters. The Kier molecular flexibility index (Phi) is 6.13. The molecule has 4 aliphatic rings. The summed E-state index contributed by atoms with van der Waals surface area (Å²) in [4.78, 5) is 14.4. The smallest absolute Gasteiger partial charge is 0.156 e. The first kappa shape index (κ1) is 25.2. The highest BCUT2D eigenvalue weighted by molar-refractivity contribution is 5.93. The van der Waals surface area contributed by atoms with Crippen molar-refractivity contribution >= 4 is 11.5 Å². The van der Waals surface area contributed by atoms with E-state index in [1.807, 2.05) is 12.1 Å². The monoisotopic (exact) mass is 507 g/mol. The summed E-state index contributed by atoms with van der Waals surface area (Å²) in [6.45, 7) is 4.77. The summed E-state index contributed by atoms with van der Waals surface area (Å²) in [6, 6.07) is 17.0. The van der Waals surface area contributed by atoms with Gasteiger partial charge in [0.05, 0.1) is 12.7 Å². The van der Waals surface area contributed by atoms with Crippen LogP contribution in [0.2, 0.25) is 0 Å². The van der Waals surface area contributed by atoms with Crippen molar-refractivity contribution in [1.82, 2.24) is 0 Å². The molecule has 2 aromatic rings. The van der Waals surface area contributed by atoms with Crippen LogP contribution >= 0.6 is 0 Å². The first-order valence-corrected chi connectivity index (χ1v) is 13.9. The highest BCUT2D eigenvalue weighted by atomic mass is 16.5. The third-order valence-electron chi connectivity index (χ3n) is 9.61. The molecule has 2 aromatic carbocycles. The van der Waals surface area contributed by atoms with Gasteiger partial charge in [0.15, 0.2) is 5.78 Å². The van der Waals surface area contributed by atoms with E-state index in [9.17, 15) is 9.90 Å². The fraction of sp³-hybridized carbons (Fsp3) is 0.441. The molecule has 38 heavy (non-hydrogen) atoms. The lowest BCUT2D eigenvalue weighted by Gasteiger charge is -2.53. The van der Waals surface area contributed by atoms with Gasteiger partial charge in [-0.3, -0.25) is 4.79 Å². The van der Waals surface area contributed by atoms with Crippen LogP contribution in [-0.2, 0) is 9.53 Å². The Bertz CT molecular complexity index is 1410. The molecule has 0 aromatic heterocycles. The van der Waals surface area contributed by atoms with Gasteiger partial charge in [0.2, 0.25) is 0 Å². The molecule has 3 aliphatic carbocycles. The third kappa shape index (κ3) is 4.04. The number of aryl methyl sites for hydroxylation is 1. The van der Waals surface area contributed by atoms with Crippen molar-refractivity contribution in [2.75, 3.05) is 25.6 Å². The number of aliphatic hydroxyl groups is 1. The first-order valence-electron chi connectivity index (χ1n) is 13.9. The second kappa shape index (κ2) is 9.26. The zero-order valence-electron chi connectivity index (χ0n) is 22.9. The van der Waals surface area contributed by atoms with Gasteiger partial charge in [-0.15, -0.1) is 0 Å². The fourth-order valence-electron chi connectivity index (χ4n) is 7.42. The van der Waals surface area contributed by atoms with Gasteiger partial charge >= 0.3 is 0 Å². The van der Waals surface area contributed by atoms with E-state index in [-0.39, 0.29) is 23.7 Å². The molecular formula is C34H37NO3. The number of anilines is 1. The van der Waals surface area contributed by atoms with Gasteiger partial charge in [-0.2, -0.15) is 0 Å². The largest absolute Gasteiger partial charge is 0.378 e. The quantitative estimate of drug-likeness (QED) is 0.528. The normalized spacial score (nSPS) is 32.0. The second-order valence-corrected chi connectivity index (χ2v) is 12.1. The van der Waals surface area contributed by atoms with Gasteiger partial charge in [0, 0.05) is 43.1 Å². The number of carbonyl (C=O) groups excluding carboxylic acids is 1. The van der Waals surface area contributed by atoms with Crippen LogP contribution in [0.5, 0.6) is 0 Å². The molecule has 1 heterocycles. The van der Waals surface area contributed by atoms with Crippen LogP contribution in [0.4, 0.5) is 5.69 Å². The summed E-state index contributed by atoms with van der Waals surface area (Å²) < 4.78 is 6.62. The van der Waals surface area contributed by atoms with E-state index < -0.39 is 11.0 Å². The van der Waals surface area contributed by atoms with Gasteiger partial charge in [-0.05, 0) is 96.7 Å². The molecule has 0 bridgehead atoms. The van der Waals surface area contributed by atoms with Crippen LogP contribution < -0.4 is 4.90 Å². The average molecular weight is 508 g/mol. The van der Waals surface area contributed by atoms with E-state index >= 15 is 0 Å². The summed E-state index contributed by atoms with van der Waals surface area (Å²) in [6.07, 6.45) is 5.41. The number of nitrogens with zero attached hydrogens (tertiary/aromatic N) is 1. The van der Waals surface area contributed by atoms with E-state index in [0.717, 1.165) is 36.1 Å². The molecule has 0 amide bonds. The van der Waals surface area contributed by atoms with Gasteiger partial charge < -0.3 is 14.7 Å². The standard InChI is InChI=1S/C34H37NO3/c1-22-6-5-7-23(18-22)14-16-34(37)17-15-30-32-31(28-13-12-27(36)19-25(28)21-38-32)29(20-33(30,34)2)24-8-10-26(11-9-24)35(3)4/h5-11,18-19,29-30,32,37H,12-13,15,17,20-21H2,1-4H3. The zero-order valence-corrected chi connectivity index (χ0v) is 22.9. The third-order valence-corrected chi connectivity index (χ3v) is 9.61. The van der Waals surface area contributed by atoms with Gasteiger partial charge in [0.1, 0.15) is 5.60 Å². The molecule has 0 radical (unpaired) electrons. The lowest BCUT2D eigenvalue weighted by molar-refractivity contribution is -0.115. The number of allylic oxidation sites excluding steroid dienone is 1. The van der Waals surface area contributed by atoms with Gasteiger partial charge in [-0.1, -0.05) is 43.0 Å². The van der Waals surface area contributed by atoms with Gasteiger partial charge in [0.25, 0.3) is 0 Å². The van der Waals surface area contributed by atoms with E-state index in [4.69, 9.17) is 4.74 Å². The molecule has 4 heteroatoms. The minimum absolute atomic E-state index is 0.0672. The molecule has 4 nitrogen and oxygen atoms in total. The van der Waals surface area contributed by atoms with E-state index in [1.165, 1.54) is 22.3 Å². The maximum Gasteiger partial charge on any atom is 0.156 e. The fourth-order valence-corrected chi connectivity index (χ4v) is 7.42. The second-order valence-electron chi connectivity index (χ2n) is 12.1. The maximum absolute atomic E-state index is 12.3. The van der Waals surface area contributed by atoms with Crippen molar-refractivity contribution in [3.63, 3.8) is 0 Å². The summed E-state index contributed by atoms with van der Waals surface area (Å²) in [5, 5.41) is 12.2. The van der Waals surface area contributed by atoms with Gasteiger partial charge in [-0.25, -0.2) is 0 Å². The Morgan fingerprint density at radius 3 is 2.63 bits per heavy atom. The van der Waals surface area contributed by atoms with Crippen molar-refractivity contribution < 1.29 is 14.6 Å². The van der Waals surface area contributed by atoms with Crippen LogP contribution in [0.25, 0.3) is 0 Å². The number of benzene rings is 2. The molecule has 0 spiro atoms. The maximum atomic E-state index is 12.3. The number of fused-ring (bicyclic) bond motifs is 4. The highest BCUT2D eigenvalue weighted by Gasteiger charge is 2.63. The number of hydrogen-bond acceptors (Lipinski definition) is 4. The highest BCUT2D eigenvalue weighted by Crippen LogP contribution is 2.64. The first-order chi connectivity index (χ1) is 18.2. The van der Waals surface area contributed by atoms with Crippen LogP contribution in [0.3, 0.4) is 0 Å². The number of carbonyl (C=O) groups is 1. The van der Waals surface area contributed by atoms with Crippen molar-refractivity contribution in [3.05, 3.63) is 88.0 Å². The van der Waals surface area contributed by atoms with Crippen LogP contribution in [0.15, 0.2) is 71.3 Å². The molecule has 0 saturated heterocycles. The SMILES string of the molecule is Cc1cccc(C#CC2(O)CCC3C4OCC5=CC(=O)CCC5=C4C(c4ccc(N(C)C)cc4)CC32C)c1. The number of hydrogen-bond donors (Lipinski definition) is 1. The molecule has 6 rings (SSSR count). The topological polar surface area (TPSA) is 49.8 Å². The average Bonchev–Trinajstić information content (AvgIpc) is 3.17. The Hall–Kier alpha value is -3.13. The molecule has 5 unspecified atom stereocenters. The lowest BCUT2D eigenvalue weighted by atomic mass is 9.55. The minimum atomic E-state index is -1.10.